The smallest absolute Gasteiger partial charge is 0.251 e. The molecule has 1 N–H and O–H groups in total. The summed E-state index contributed by atoms with van der Waals surface area (Å²) in [6.07, 6.45) is 0. The molecule has 1 amide bonds. The first-order valence-corrected chi connectivity index (χ1v) is 15.7. The lowest BCUT2D eigenvalue weighted by Crippen LogP contribution is -2.48. The number of fused-ring (bicyclic) bond motifs is 1. The first-order valence-electron chi connectivity index (χ1n) is 13.4. The molecule has 2 heterocycles. The van der Waals surface area contributed by atoms with Gasteiger partial charge in [-0.25, -0.2) is 22.2 Å². The fraction of sp³-hybridized carbons (Fsp3) is 0.310. The molecule has 12 heteroatoms. The minimum absolute atomic E-state index is 0.144. The summed E-state index contributed by atoms with van der Waals surface area (Å²) < 4.78 is 55.8. The van der Waals surface area contributed by atoms with Crippen molar-refractivity contribution in [2.45, 2.75) is 18.4 Å². The molecular weight excluding hydrogens is 568 g/mol. The maximum atomic E-state index is 14.0. The molecule has 0 saturated carbocycles. The van der Waals surface area contributed by atoms with E-state index in [-0.39, 0.29) is 22.9 Å². The van der Waals surface area contributed by atoms with Crippen LogP contribution < -0.4 is 10.2 Å². The van der Waals surface area contributed by atoms with E-state index >= 15 is 0 Å². The van der Waals surface area contributed by atoms with Crippen LogP contribution in [-0.4, -0.2) is 74.3 Å². The number of thiazole rings is 1. The van der Waals surface area contributed by atoms with Crippen molar-refractivity contribution < 1.29 is 22.0 Å². The number of carbonyl (C=O) groups is 1. The number of sulfonamides is 1. The van der Waals surface area contributed by atoms with Crippen molar-refractivity contribution in [3.05, 3.63) is 89.5 Å². The fourth-order valence-corrected chi connectivity index (χ4v) is 7.25. The van der Waals surface area contributed by atoms with Gasteiger partial charge in [0.15, 0.2) is 10.9 Å². The normalized spacial score (nSPS) is 14.6. The van der Waals surface area contributed by atoms with Crippen LogP contribution >= 0.6 is 11.3 Å². The summed E-state index contributed by atoms with van der Waals surface area (Å²) in [5.74, 6) is -1.54. The molecule has 1 saturated heterocycles. The highest BCUT2D eigenvalue weighted by atomic mass is 32.2. The lowest BCUT2D eigenvalue weighted by Gasteiger charge is -2.34. The SMILES string of the molecule is CCN(Cc1ccccc1)S(=O)(=O)c1ccc(C(=O)NCCN2CCN(c3nc4c(F)cc(F)cc4s3)CC2)cc1. The highest BCUT2D eigenvalue weighted by Crippen LogP contribution is 2.31. The van der Waals surface area contributed by atoms with Crippen LogP contribution in [0.25, 0.3) is 10.2 Å². The number of amides is 1. The van der Waals surface area contributed by atoms with Crippen LogP contribution in [-0.2, 0) is 16.6 Å². The zero-order valence-corrected chi connectivity index (χ0v) is 24.2. The molecule has 3 aromatic carbocycles. The highest BCUT2D eigenvalue weighted by Gasteiger charge is 2.24. The number of hydrogen-bond acceptors (Lipinski definition) is 7. The Labute approximate surface area is 242 Å². The van der Waals surface area contributed by atoms with Gasteiger partial charge in [-0.15, -0.1) is 0 Å². The van der Waals surface area contributed by atoms with Crippen molar-refractivity contribution in [3.8, 4) is 0 Å². The minimum atomic E-state index is -3.71. The van der Waals surface area contributed by atoms with Crippen molar-refractivity contribution >= 4 is 42.6 Å². The third-order valence-electron chi connectivity index (χ3n) is 7.07. The number of benzene rings is 3. The second-order valence-electron chi connectivity index (χ2n) is 9.76. The van der Waals surface area contributed by atoms with Crippen molar-refractivity contribution in [2.75, 3.05) is 50.7 Å². The van der Waals surface area contributed by atoms with E-state index in [1.54, 1.807) is 6.92 Å². The molecule has 1 aliphatic heterocycles. The molecule has 1 aromatic heterocycles. The van der Waals surface area contributed by atoms with Gasteiger partial charge in [-0.1, -0.05) is 48.6 Å². The van der Waals surface area contributed by atoms with Gasteiger partial charge in [-0.3, -0.25) is 9.69 Å². The maximum absolute atomic E-state index is 14.0. The zero-order valence-electron chi connectivity index (χ0n) is 22.6. The predicted octanol–water partition coefficient (Wildman–Crippen LogP) is 4.34. The number of halogens is 2. The van der Waals surface area contributed by atoms with Gasteiger partial charge < -0.3 is 10.2 Å². The number of rotatable bonds is 10. The van der Waals surface area contributed by atoms with Crippen molar-refractivity contribution in [3.63, 3.8) is 0 Å². The van der Waals surface area contributed by atoms with Gasteiger partial charge in [0.25, 0.3) is 5.91 Å². The summed E-state index contributed by atoms with van der Waals surface area (Å²) in [5, 5.41) is 3.57. The Hall–Kier alpha value is -3.45. The third-order valence-corrected chi connectivity index (χ3v) is 10.1. The van der Waals surface area contributed by atoms with Gasteiger partial charge in [-0.05, 0) is 35.9 Å². The number of aromatic nitrogens is 1. The van der Waals surface area contributed by atoms with E-state index in [1.165, 1.54) is 46.0 Å². The quantitative estimate of drug-likeness (QED) is 0.292. The molecule has 0 atom stereocenters. The van der Waals surface area contributed by atoms with Crippen LogP contribution in [0.3, 0.4) is 0 Å². The second-order valence-corrected chi connectivity index (χ2v) is 12.7. The van der Waals surface area contributed by atoms with Crippen molar-refractivity contribution in [2.24, 2.45) is 0 Å². The molecule has 8 nitrogen and oxygen atoms in total. The second kappa shape index (κ2) is 12.6. The van der Waals surface area contributed by atoms with Gasteiger partial charge in [0.05, 0.1) is 9.60 Å². The lowest BCUT2D eigenvalue weighted by molar-refractivity contribution is 0.0947. The average Bonchev–Trinajstić information content (AvgIpc) is 3.41. The number of anilines is 1. The molecule has 0 spiro atoms. The molecule has 4 aromatic rings. The number of carbonyl (C=O) groups excluding carboxylic acids is 1. The molecule has 216 valence electrons. The summed E-state index contributed by atoms with van der Waals surface area (Å²) in [6, 6.07) is 17.6. The van der Waals surface area contributed by atoms with E-state index < -0.39 is 21.7 Å². The van der Waals surface area contributed by atoms with Crippen molar-refractivity contribution in [1.29, 1.82) is 0 Å². The van der Waals surface area contributed by atoms with E-state index in [4.69, 9.17) is 0 Å². The number of hydrogen-bond donors (Lipinski definition) is 1. The molecular formula is C29H31F2N5O3S2. The largest absolute Gasteiger partial charge is 0.351 e. The van der Waals surface area contributed by atoms with Gasteiger partial charge in [0.1, 0.15) is 11.3 Å². The molecule has 5 rings (SSSR count). The van der Waals surface area contributed by atoms with Gasteiger partial charge in [-0.2, -0.15) is 4.31 Å². The van der Waals surface area contributed by atoms with Crippen LogP contribution in [0.4, 0.5) is 13.9 Å². The predicted molar refractivity (Wildman–Crippen MR) is 157 cm³/mol. The summed E-state index contributed by atoms with van der Waals surface area (Å²) in [4.78, 5) is 21.5. The lowest BCUT2D eigenvalue weighted by atomic mass is 10.2. The van der Waals surface area contributed by atoms with Crippen LogP contribution in [0.15, 0.2) is 71.6 Å². The van der Waals surface area contributed by atoms with E-state index in [0.717, 1.165) is 24.7 Å². The monoisotopic (exact) mass is 599 g/mol. The molecule has 0 bridgehead atoms. The minimum Gasteiger partial charge on any atom is -0.351 e. The zero-order chi connectivity index (χ0) is 29.0. The van der Waals surface area contributed by atoms with Crippen LogP contribution in [0, 0.1) is 11.6 Å². The Morgan fingerprint density at radius 1 is 1.02 bits per heavy atom. The Morgan fingerprint density at radius 2 is 1.73 bits per heavy atom. The molecule has 0 radical (unpaired) electrons. The highest BCUT2D eigenvalue weighted by molar-refractivity contribution is 7.89. The average molecular weight is 600 g/mol. The number of piperazine rings is 1. The molecule has 0 unspecified atom stereocenters. The van der Waals surface area contributed by atoms with E-state index in [9.17, 15) is 22.0 Å². The summed E-state index contributed by atoms with van der Waals surface area (Å²) >= 11 is 1.28. The molecule has 41 heavy (non-hydrogen) atoms. The van der Waals surface area contributed by atoms with Crippen molar-refractivity contribution in [1.82, 2.24) is 19.5 Å². The number of nitrogens with one attached hydrogen (secondary N) is 1. The molecule has 0 aliphatic carbocycles. The summed E-state index contributed by atoms with van der Waals surface area (Å²) in [7, 11) is -3.71. The molecule has 1 fully saturated rings. The van der Waals surface area contributed by atoms with Gasteiger partial charge >= 0.3 is 0 Å². The third kappa shape index (κ3) is 6.72. The molecule has 1 aliphatic rings. The fourth-order valence-electron chi connectivity index (χ4n) is 4.75. The van der Waals surface area contributed by atoms with Crippen LogP contribution in [0.2, 0.25) is 0 Å². The van der Waals surface area contributed by atoms with E-state index in [2.05, 4.69) is 20.1 Å². The Morgan fingerprint density at radius 3 is 2.41 bits per heavy atom. The van der Waals surface area contributed by atoms with E-state index in [0.29, 0.717) is 48.1 Å². The first kappa shape index (κ1) is 29.1. The van der Waals surface area contributed by atoms with E-state index in [1.807, 2.05) is 30.3 Å². The summed E-state index contributed by atoms with van der Waals surface area (Å²) in [6.45, 7) is 6.34. The Balaban J connectivity index is 1.10. The topological polar surface area (TPSA) is 85.8 Å². The standard InChI is InChI=1S/C29H31F2N5O3S2/c1-2-36(20-21-6-4-3-5-7-21)41(38,39)24-10-8-22(9-11-24)28(37)32-12-13-34-14-16-35(17-15-34)29-33-27-25(31)18-23(30)19-26(27)40-29/h3-11,18-19H,2,12-17,20H2,1H3,(H,32,37). The first-order chi connectivity index (χ1) is 19.7. The Bertz CT molecular complexity index is 1610. The van der Waals surface area contributed by atoms with Crippen LogP contribution in [0.5, 0.6) is 0 Å². The maximum Gasteiger partial charge on any atom is 0.251 e. The van der Waals surface area contributed by atoms with Crippen LogP contribution in [0.1, 0.15) is 22.8 Å². The Kier molecular flexibility index (Phi) is 8.93. The number of nitrogens with zero attached hydrogens (tertiary/aromatic N) is 4. The van der Waals surface area contributed by atoms with Gasteiger partial charge in [0, 0.05) is 64.0 Å². The summed E-state index contributed by atoms with van der Waals surface area (Å²) in [5.41, 5.74) is 1.48. The van der Waals surface area contributed by atoms with Gasteiger partial charge in [0.2, 0.25) is 10.0 Å².